The second-order valence-corrected chi connectivity index (χ2v) is 7.43. The van der Waals surface area contributed by atoms with Crippen LogP contribution in [0.25, 0.3) is 0 Å². The second-order valence-electron chi connectivity index (χ2n) is 7.43. The molecule has 0 aromatic rings. The van der Waals surface area contributed by atoms with Gasteiger partial charge in [-0.1, -0.05) is 13.8 Å². The monoisotopic (exact) mass is 395 g/mol. The minimum Gasteiger partial charge on any atom is -0.379 e. The van der Waals surface area contributed by atoms with Crippen LogP contribution >= 0.6 is 0 Å². The lowest BCUT2D eigenvalue weighted by Gasteiger charge is -2.34. The van der Waals surface area contributed by atoms with Crippen LogP contribution in [0.4, 0.5) is 13.2 Å². The highest BCUT2D eigenvalue weighted by Gasteiger charge is 2.28. The molecule has 0 bridgehead atoms. The molecular weight excluding hydrogens is 359 g/mol. The Morgan fingerprint density at radius 2 is 1.89 bits per heavy atom. The van der Waals surface area contributed by atoms with Gasteiger partial charge < -0.3 is 15.4 Å². The number of nitrogens with zero attached hydrogens (tertiary/aromatic N) is 3. The van der Waals surface area contributed by atoms with E-state index in [2.05, 4.69) is 34.4 Å². The summed E-state index contributed by atoms with van der Waals surface area (Å²) in [6, 6.07) is 0.345. The van der Waals surface area contributed by atoms with E-state index in [-0.39, 0.29) is 0 Å². The van der Waals surface area contributed by atoms with Gasteiger partial charge in [0.05, 0.1) is 26.3 Å². The second kappa shape index (κ2) is 12.4. The Hall–Kier alpha value is -1.06. The molecule has 1 unspecified atom stereocenters. The number of hydrogen-bond donors (Lipinski definition) is 2. The zero-order valence-corrected chi connectivity index (χ0v) is 17.1. The van der Waals surface area contributed by atoms with Gasteiger partial charge in [0.25, 0.3) is 0 Å². The summed E-state index contributed by atoms with van der Waals surface area (Å²) < 4.78 is 42.6. The Labute approximate surface area is 161 Å². The first-order valence-corrected chi connectivity index (χ1v) is 9.80. The van der Waals surface area contributed by atoms with E-state index in [1.165, 1.54) is 11.9 Å². The van der Waals surface area contributed by atoms with Gasteiger partial charge in [-0.2, -0.15) is 13.2 Å². The van der Waals surface area contributed by atoms with Crippen molar-refractivity contribution >= 4 is 5.96 Å². The molecule has 0 aromatic carbocycles. The van der Waals surface area contributed by atoms with Crippen LogP contribution in [0, 0.1) is 5.92 Å². The average molecular weight is 396 g/mol. The van der Waals surface area contributed by atoms with Crippen LogP contribution in [0.15, 0.2) is 4.99 Å². The van der Waals surface area contributed by atoms with Gasteiger partial charge >= 0.3 is 6.18 Å². The number of hydrogen-bond acceptors (Lipinski definition) is 4. The molecule has 0 spiro atoms. The lowest BCUT2D eigenvalue weighted by atomic mass is 10.0. The molecule has 1 rings (SSSR count). The number of likely N-dealkylation sites (N-methyl/N-ethyl adjacent to an activating group) is 1. The molecular formula is C18H36F3N5O. The molecule has 27 heavy (non-hydrogen) atoms. The van der Waals surface area contributed by atoms with Crippen LogP contribution in [0.1, 0.15) is 27.2 Å². The first-order valence-electron chi connectivity index (χ1n) is 9.80. The van der Waals surface area contributed by atoms with Crippen LogP contribution in [-0.4, -0.2) is 94.1 Å². The van der Waals surface area contributed by atoms with Crippen LogP contribution in [0.2, 0.25) is 0 Å². The van der Waals surface area contributed by atoms with E-state index in [0.717, 1.165) is 32.7 Å². The summed E-state index contributed by atoms with van der Waals surface area (Å²) in [7, 11) is 1.47. The summed E-state index contributed by atoms with van der Waals surface area (Å²) >= 11 is 0. The molecule has 1 saturated heterocycles. The third-order valence-electron chi connectivity index (χ3n) is 4.35. The van der Waals surface area contributed by atoms with Crippen LogP contribution < -0.4 is 10.6 Å². The van der Waals surface area contributed by atoms with Crippen molar-refractivity contribution in [2.75, 3.05) is 66.1 Å². The molecule has 0 aromatic heterocycles. The molecule has 0 amide bonds. The Morgan fingerprint density at radius 3 is 2.44 bits per heavy atom. The van der Waals surface area contributed by atoms with Gasteiger partial charge in [-0.25, -0.2) is 0 Å². The fourth-order valence-electron chi connectivity index (χ4n) is 3.11. The number of guanidine groups is 1. The maximum absolute atomic E-state index is 12.4. The van der Waals surface area contributed by atoms with Crippen molar-refractivity contribution in [1.82, 2.24) is 20.4 Å². The van der Waals surface area contributed by atoms with Gasteiger partial charge in [-0.05, 0) is 26.3 Å². The summed E-state index contributed by atoms with van der Waals surface area (Å²) in [4.78, 5) is 8.36. The van der Waals surface area contributed by atoms with E-state index < -0.39 is 12.7 Å². The van der Waals surface area contributed by atoms with Gasteiger partial charge in [0, 0.05) is 38.8 Å². The molecule has 6 nitrogen and oxygen atoms in total. The number of nitrogens with one attached hydrogen (secondary N) is 2. The van der Waals surface area contributed by atoms with Crippen molar-refractivity contribution in [3.63, 3.8) is 0 Å². The van der Waals surface area contributed by atoms with Crippen molar-refractivity contribution in [1.29, 1.82) is 0 Å². The zero-order chi connectivity index (χ0) is 20.3. The average Bonchev–Trinajstić information content (AvgIpc) is 2.57. The van der Waals surface area contributed by atoms with Crippen molar-refractivity contribution < 1.29 is 17.9 Å². The first-order chi connectivity index (χ1) is 12.7. The normalized spacial score (nSPS) is 18.2. The van der Waals surface area contributed by atoms with E-state index in [4.69, 9.17) is 4.74 Å². The summed E-state index contributed by atoms with van der Waals surface area (Å²) in [6.07, 6.45) is -3.12. The standard InChI is InChI=1S/C18H36F3N5O/c1-5-22-17(23-6-7-25(4)14-18(19,20)21)24-13-16(12-15(2)3)26-8-10-27-11-9-26/h15-16H,5-14H2,1-4H3,(H2,22,23,24). The zero-order valence-electron chi connectivity index (χ0n) is 17.1. The Bertz CT molecular complexity index is 426. The SMILES string of the molecule is CCNC(=NCC(CC(C)C)N1CCOCC1)NCCN(C)CC(F)(F)F. The maximum Gasteiger partial charge on any atom is 0.401 e. The molecule has 1 aliphatic rings. The predicted octanol–water partition coefficient (Wildman–Crippen LogP) is 1.78. The molecule has 9 heteroatoms. The van der Waals surface area contributed by atoms with E-state index in [1.807, 2.05) is 6.92 Å². The highest BCUT2D eigenvalue weighted by atomic mass is 19.4. The molecule has 0 radical (unpaired) electrons. The van der Waals surface area contributed by atoms with Gasteiger partial charge in [0.1, 0.15) is 0 Å². The number of halogens is 3. The number of aliphatic imine (C=N–C) groups is 1. The Morgan fingerprint density at radius 1 is 1.22 bits per heavy atom. The maximum atomic E-state index is 12.4. The van der Waals surface area contributed by atoms with Gasteiger partial charge in [-0.15, -0.1) is 0 Å². The quantitative estimate of drug-likeness (QED) is 0.436. The molecule has 0 aliphatic carbocycles. The smallest absolute Gasteiger partial charge is 0.379 e. The Balaban J connectivity index is 2.55. The molecule has 1 fully saturated rings. The molecule has 1 heterocycles. The van der Waals surface area contributed by atoms with Gasteiger partial charge in [-0.3, -0.25) is 14.8 Å². The molecule has 1 aliphatic heterocycles. The Kier molecular flexibility index (Phi) is 11.0. The van der Waals surface area contributed by atoms with Crippen molar-refractivity contribution in [2.24, 2.45) is 10.9 Å². The lowest BCUT2D eigenvalue weighted by Crippen LogP contribution is -2.47. The van der Waals surface area contributed by atoms with Crippen molar-refractivity contribution in [2.45, 2.75) is 39.4 Å². The highest BCUT2D eigenvalue weighted by Crippen LogP contribution is 2.15. The number of alkyl halides is 3. The number of rotatable bonds is 10. The van der Waals surface area contributed by atoms with Gasteiger partial charge in [0.2, 0.25) is 0 Å². The molecule has 0 saturated carbocycles. The highest BCUT2D eigenvalue weighted by molar-refractivity contribution is 5.79. The number of ether oxygens (including phenoxy) is 1. The summed E-state index contributed by atoms with van der Waals surface area (Å²) in [5.74, 6) is 1.22. The van der Waals surface area contributed by atoms with E-state index >= 15 is 0 Å². The van der Waals surface area contributed by atoms with Crippen LogP contribution in [0.3, 0.4) is 0 Å². The van der Waals surface area contributed by atoms with E-state index in [0.29, 0.717) is 44.1 Å². The van der Waals surface area contributed by atoms with Gasteiger partial charge in [0.15, 0.2) is 5.96 Å². The van der Waals surface area contributed by atoms with Crippen LogP contribution in [0.5, 0.6) is 0 Å². The molecule has 160 valence electrons. The third kappa shape index (κ3) is 11.4. The predicted molar refractivity (Wildman–Crippen MR) is 103 cm³/mol. The summed E-state index contributed by atoms with van der Waals surface area (Å²) in [5, 5.41) is 6.31. The lowest BCUT2D eigenvalue weighted by molar-refractivity contribution is -0.142. The van der Waals surface area contributed by atoms with E-state index in [9.17, 15) is 13.2 Å². The first kappa shape index (κ1) is 24.0. The fraction of sp³-hybridized carbons (Fsp3) is 0.944. The largest absolute Gasteiger partial charge is 0.401 e. The van der Waals surface area contributed by atoms with E-state index in [1.54, 1.807) is 0 Å². The van der Waals surface area contributed by atoms with Crippen molar-refractivity contribution in [3.8, 4) is 0 Å². The fourth-order valence-corrected chi connectivity index (χ4v) is 3.11. The minimum atomic E-state index is -4.17. The summed E-state index contributed by atoms with van der Waals surface area (Å²) in [6.45, 7) is 10.9. The molecule has 2 N–H and O–H groups in total. The number of morpholine rings is 1. The minimum absolute atomic E-state index is 0.294. The third-order valence-corrected chi connectivity index (χ3v) is 4.35. The summed E-state index contributed by atoms with van der Waals surface area (Å²) in [5.41, 5.74) is 0. The van der Waals surface area contributed by atoms with Crippen molar-refractivity contribution in [3.05, 3.63) is 0 Å². The van der Waals surface area contributed by atoms with Crippen LogP contribution in [-0.2, 0) is 4.74 Å². The topological polar surface area (TPSA) is 52.1 Å². The molecule has 1 atom stereocenters.